The SMILES string of the molecule is [Cl][Co]([Cl])([Cl])[Cl]. The molecule has 0 aromatic carbocycles. The fourth-order valence-corrected chi connectivity index (χ4v) is 0. The fourth-order valence-electron chi connectivity index (χ4n) is 0. The molecule has 0 aliphatic carbocycles. The van der Waals surface area contributed by atoms with Crippen molar-refractivity contribution in [3.63, 3.8) is 0 Å². The average Bonchev–Trinajstić information content (AvgIpc) is 0.722. The van der Waals surface area contributed by atoms with Gasteiger partial charge in [0.2, 0.25) is 0 Å². The van der Waals surface area contributed by atoms with Crippen LogP contribution < -0.4 is 0 Å². The van der Waals surface area contributed by atoms with Crippen molar-refractivity contribution in [1.29, 1.82) is 0 Å². The van der Waals surface area contributed by atoms with E-state index in [2.05, 4.69) is 0 Å². The normalized spacial score (nSPS) is 15.2. The third-order valence-electron chi connectivity index (χ3n) is 0. The zero-order chi connectivity index (χ0) is 4.50. The molecular formula is Cl4Co. The quantitative estimate of drug-likeness (QED) is 0.564. The van der Waals surface area contributed by atoms with Gasteiger partial charge in [0.25, 0.3) is 0 Å². The summed E-state index contributed by atoms with van der Waals surface area (Å²) in [5.41, 5.74) is 0. The van der Waals surface area contributed by atoms with E-state index in [4.69, 9.17) is 40.6 Å². The molecule has 0 saturated heterocycles. The first kappa shape index (κ1) is 6.67. The Balaban J connectivity index is 3.02. The van der Waals surface area contributed by atoms with Crippen LogP contribution in [0.3, 0.4) is 0 Å². The van der Waals surface area contributed by atoms with E-state index in [0.717, 1.165) is 0 Å². The van der Waals surface area contributed by atoms with Crippen LogP contribution in [0.25, 0.3) is 0 Å². The molecule has 0 nitrogen and oxygen atoms in total. The maximum atomic E-state index is 4.94. The summed E-state index contributed by atoms with van der Waals surface area (Å²) in [5, 5.41) is 0. The summed E-state index contributed by atoms with van der Waals surface area (Å²) in [6.07, 6.45) is 0. The van der Waals surface area contributed by atoms with Gasteiger partial charge in [0.05, 0.1) is 0 Å². The molecule has 0 aliphatic rings. The van der Waals surface area contributed by atoms with Crippen LogP contribution in [0.5, 0.6) is 0 Å². The van der Waals surface area contributed by atoms with E-state index in [1.165, 1.54) is 0 Å². The van der Waals surface area contributed by atoms with Gasteiger partial charge < -0.3 is 0 Å². The zero-order valence-corrected chi connectivity index (χ0v) is 5.91. The molecule has 5 heavy (non-hydrogen) atoms. The minimum absolute atomic E-state index is 2.49. The first-order valence-electron chi connectivity index (χ1n) is 0.504. The van der Waals surface area contributed by atoms with Crippen LogP contribution in [0.2, 0.25) is 0 Å². The van der Waals surface area contributed by atoms with E-state index in [1.807, 2.05) is 0 Å². The van der Waals surface area contributed by atoms with Crippen LogP contribution in [-0.2, 0) is 9.01 Å². The van der Waals surface area contributed by atoms with Crippen LogP contribution in [-0.4, -0.2) is 0 Å². The Hall–Kier alpha value is 1.67. The average molecular weight is 201 g/mol. The van der Waals surface area contributed by atoms with Gasteiger partial charge in [-0.15, -0.1) is 0 Å². The molecule has 0 spiro atoms. The molecule has 37 valence electrons. The van der Waals surface area contributed by atoms with Gasteiger partial charge in [-0.2, -0.15) is 0 Å². The summed E-state index contributed by atoms with van der Waals surface area (Å²) in [6.45, 7) is 0. The Kier molecular flexibility index (Phi) is 2.80. The molecule has 0 rings (SSSR count). The summed E-state index contributed by atoms with van der Waals surface area (Å²) in [6, 6.07) is 0. The predicted molar refractivity (Wildman–Crippen MR) is 23.4 cm³/mol. The molecule has 0 bridgehead atoms. The summed E-state index contributed by atoms with van der Waals surface area (Å²) in [5.74, 6) is 0. The molecule has 0 unspecified atom stereocenters. The standard InChI is InChI=1S/4ClH.Co/h4*1H;/q;;;;+4/p-4. The molecule has 0 heterocycles. The Morgan fingerprint density at radius 3 is 0.800 bits per heavy atom. The van der Waals surface area contributed by atoms with Crippen molar-refractivity contribution in [1.82, 2.24) is 0 Å². The second kappa shape index (κ2) is 2.10. The van der Waals surface area contributed by atoms with E-state index in [1.54, 1.807) is 0 Å². The molecule has 0 fully saturated rings. The molecule has 0 aromatic heterocycles. The second-order valence-electron chi connectivity index (χ2n) is 0.286. The van der Waals surface area contributed by atoms with Crippen LogP contribution in [0.4, 0.5) is 0 Å². The first-order chi connectivity index (χ1) is 2.00. The van der Waals surface area contributed by atoms with Crippen molar-refractivity contribution in [3.8, 4) is 0 Å². The first-order valence-corrected chi connectivity index (χ1v) is 6.23. The molecule has 0 aromatic rings. The number of hydrogen-bond donors (Lipinski definition) is 0. The van der Waals surface area contributed by atoms with Crippen LogP contribution in [0.1, 0.15) is 0 Å². The van der Waals surface area contributed by atoms with Gasteiger partial charge in [-0.25, -0.2) is 0 Å². The number of halogens is 4. The van der Waals surface area contributed by atoms with Crippen molar-refractivity contribution in [2.45, 2.75) is 0 Å². The van der Waals surface area contributed by atoms with Crippen LogP contribution >= 0.6 is 40.6 Å². The van der Waals surface area contributed by atoms with Crippen LogP contribution in [0, 0.1) is 0 Å². The summed E-state index contributed by atoms with van der Waals surface area (Å²) < 4.78 is 0. The molecule has 0 saturated carbocycles. The molecule has 0 aliphatic heterocycles. The molecular weight excluding hydrogens is 201 g/mol. The second-order valence-corrected chi connectivity index (χ2v) is 10.6. The van der Waals surface area contributed by atoms with Crippen molar-refractivity contribution < 1.29 is 9.01 Å². The third-order valence-corrected chi connectivity index (χ3v) is 0. The van der Waals surface area contributed by atoms with Crippen LogP contribution in [0.15, 0.2) is 0 Å². The fraction of sp³-hybridized carbons (Fsp3) is 0. The Labute approximate surface area is 49.5 Å². The summed E-state index contributed by atoms with van der Waals surface area (Å²) >= 11 is 0. The number of rotatable bonds is 0. The van der Waals surface area contributed by atoms with Gasteiger partial charge in [0.15, 0.2) is 0 Å². The van der Waals surface area contributed by atoms with E-state index in [0.29, 0.717) is 0 Å². The minimum atomic E-state index is -2.49. The Bertz CT molecular complexity index is 19.1. The van der Waals surface area contributed by atoms with Gasteiger partial charge in [0.1, 0.15) is 0 Å². The number of hydrogen-bond acceptors (Lipinski definition) is 0. The van der Waals surface area contributed by atoms with Gasteiger partial charge >= 0.3 is 49.6 Å². The Morgan fingerprint density at radius 1 is 0.800 bits per heavy atom. The van der Waals surface area contributed by atoms with Gasteiger partial charge in [-0.3, -0.25) is 0 Å². The predicted octanol–water partition coefficient (Wildman–Crippen LogP) is 2.76. The van der Waals surface area contributed by atoms with E-state index in [9.17, 15) is 0 Å². The summed E-state index contributed by atoms with van der Waals surface area (Å²) in [4.78, 5) is 0. The van der Waals surface area contributed by atoms with Gasteiger partial charge in [0, 0.05) is 0 Å². The van der Waals surface area contributed by atoms with Crippen molar-refractivity contribution in [2.75, 3.05) is 0 Å². The van der Waals surface area contributed by atoms with Crippen molar-refractivity contribution >= 4 is 40.6 Å². The molecule has 0 atom stereocenters. The molecule has 0 radical (unpaired) electrons. The van der Waals surface area contributed by atoms with E-state index in [-0.39, 0.29) is 0 Å². The zero-order valence-electron chi connectivity index (χ0n) is 1.85. The molecule has 0 amide bonds. The topological polar surface area (TPSA) is 0 Å². The van der Waals surface area contributed by atoms with Crippen molar-refractivity contribution in [2.24, 2.45) is 0 Å². The van der Waals surface area contributed by atoms with Crippen molar-refractivity contribution in [3.05, 3.63) is 0 Å². The molecule has 0 N–H and O–H groups in total. The van der Waals surface area contributed by atoms with E-state index >= 15 is 0 Å². The third kappa shape index (κ3) is 27.4. The molecule has 5 heteroatoms. The van der Waals surface area contributed by atoms with Gasteiger partial charge in [-0.05, 0) is 0 Å². The maximum absolute atomic E-state index is 4.94. The summed E-state index contributed by atoms with van der Waals surface area (Å²) in [7, 11) is 17.3. The van der Waals surface area contributed by atoms with Gasteiger partial charge in [-0.1, -0.05) is 0 Å². The Morgan fingerprint density at radius 2 is 0.800 bits per heavy atom. The van der Waals surface area contributed by atoms with E-state index < -0.39 is 9.01 Å². The monoisotopic (exact) mass is 199 g/mol.